The van der Waals surface area contributed by atoms with Crippen molar-refractivity contribution in [2.45, 2.75) is 65.5 Å². The third-order valence-corrected chi connectivity index (χ3v) is 5.01. The zero-order valence-electron chi connectivity index (χ0n) is 15.7. The Morgan fingerprint density at radius 2 is 1.80 bits per heavy atom. The van der Waals surface area contributed by atoms with Crippen molar-refractivity contribution < 1.29 is 12.6 Å². The SMILES string of the molecule is CCC.CC[C@H]1C[C@@H](n2ccc(=O)[nH]c2=O)C(OS(C)(=O)=O)[C@H]1CC. The average Bonchev–Trinajstić information content (AvgIpc) is 2.83. The van der Waals surface area contributed by atoms with Gasteiger partial charge in [-0.25, -0.2) is 4.79 Å². The number of rotatable bonds is 5. The van der Waals surface area contributed by atoms with Crippen LogP contribution in [0.2, 0.25) is 0 Å². The fourth-order valence-corrected chi connectivity index (χ4v) is 4.18. The van der Waals surface area contributed by atoms with Gasteiger partial charge in [0.05, 0.1) is 12.3 Å². The van der Waals surface area contributed by atoms with E-state index in [1.165, 1.54) is 23.3 Å². The number of hydrogen-bond donors (Lipinski definition) is 1. The van der Waals surface area contributed by atoms with Gasteiger partial charge in [0.15, 0.2) is 0 Å². The first kappa shape index (κ1) is 21.6. The highest BCUT2D eigenvalue weighted by Crippen LogP contribution is 2.44. The lowest BCUT2D eigenvalue weighted by molar-refractivity contribution is 0.114. The molecular formula is C17H30N2O5S. The van der Waals surface area contributed by atoms with Crippen LogP contribution in [-0.4, -0.2) is 30.3 Å². The van der Waals surface area contributed by atoms with Crippen LogP contribution in [-0.2, 0) is 14.3 Å². The number of nitrogens with one attached hydrogen (secondary N) is 1. The van der Waals surface area contributed by atoms with Crippen molar-refractivity contribution in [2.24, 2.45) is 11.8 Å². The maximum atomic E-state index is 12.0. The first-order chi connectivity index (χ1) is 11.7. The second kappa shape index (κ2) is 9.33. The van der Waals surface area contributed by atoms with Crippen molar-refractivity contribution >= 4 is 10.1 Å². The van der Waals surface area contributed by atoms with Crippen LogP contribution in [0.4, 0.5) is 0 Å². The molecule has 1 unspecified atom stereocenters. The van der Waals surface area contributed by atoms with Gasteiger partial charge in [-0.05, 0) is 18.3 Å². The maximum Gasteiger partial charge on any atom is 0.328 e. The molecule has 0 radical (unpaired) electrons. The predicted molar refractivity (Wildman–Crippen MR) is 98.2 cm³/mol. The first-order valence-electron chi connectivity index (χ1n) is 8.88. The summed E-state index contributed by atoms with van der Waals surface area (Å²) >= 11 is 0. The number of aromatic nitrogens is 2. The summed E-state index contributed by atoms with van der Waals surface area (Å²) in [5, 5.41) is 0. The van der Waals surface area contributed by atoms with Gasteiger partial charge in [-0.15, -0.1) is 0 Å². The summed E-state index contributed by atoms with van der Waals surface area (Å²) in [4.78, 5) is 25.5. The van der Waals surface area contributed by atoms with Crippen LogP contribution >= 0.6 is 0 Å². The Morgan fingerprint density at radius 1 is 1.20 bits per heavy atom. The molecule has 0 bridgehead atoms. The van der Waals surface area contributed by atoms with Gasteiger partial charge in [0, 0.05) is 12.3 Å². The van der Waals surface area contributed by atoms with E-state index in [0.29, 0.717) is 6.42 Å². The fourth-order valence-electron chi connectivity index (χ4n) is 3.51. The molecule has 1 saturated carbocycles. The Morgan fingerprint density at radius 3 is 2.24 bits per heavy atom. The van der Waals surface area contributed by atoms with Gasteiger partial charge < -0.3 is 0 Å². The molecule has 1 heterocycles. The molecule has 7 nitrogen and oxygen atoms in total. The number of H-pyrrole nitrogens is 1. The molecule has 1 aromatic rings. The van der Waals surface area contributed by atoms with Crippen LogP contribution in [0.1, 0.15) is 59.4 Å². The van der Waals surface area contributed by atoms with Gasteiger partial charge in [-0.3, -0.25) is 18.5 Å². The molecule has 0 amide bonds. The van der Waals surface area contributed by atoms with E-state index in [2.05, 4.69) is 18.8 Å². The minimum atomic E-state index is -3.63. The highest BCUT2D eigenvalue weighted by atomic mass is 32.2. The van der Waals surface area contributed by atoms with Crippen LogP contribution in [0.15, 0.2) is 21.9 Å². The molecule has 144 valence electrons. The van der Waals surface area contributed by atoms with Crippen molar-refractivity contribution in [1.82, 2.24) is 9.55 Å². The minimum Gasteiger partial charge on any atom is -0.295 e. The van der Waals surface area contributed by atoms with E-state index >= 15 is 0 Å². The Kier molecular flexibility index (Phi) is 8.08. The lowest BCUT2D eigenvalue weighted by atomic mass is 9.90. The molecule has 0 spiro atoms. The van der Waals surface area contributed by atoms with E-state index in [1.807, 2.05) is 13.8 Å². The van der Waals surface area contributed by atoms with E-state index < -0.39 is 33.5 Å². The molecule has 2 rings (SSSR count). The van der Waals surface area contributed by atoms with E-state index in [-0.39, 0.29) is 11.8 Å². The van der Waals surface area contributed by atoms with Crippen LogP contribution in [0.25, 0.3) is 0 Å². The molecule has 0 aromatic carbocycles. The zero-order chi connectivity index (χ0) is 19.2. The molecule has 1 N–H and O–H groups in total. The third kappa shape index (κ3) is 5.81. The average molecular weight is 375 g/mol. The van der Waals surface area contributed by atoms with Crippen LogP contribution in [0.3, 0.4) is 0 Å². The van der Waals surface area contributed by atoms with Gasteiger partial charge >= 0.3 is 5.69 Å². The third-order valence-electron chi connectivity index (χ3n) is 4.44. The molecule has 1 fully saturated rings. The molecule has 4 atom stereocenters. The van der Waals surface area contributed by atoms with Gasteiger partial charge in [0.1, 0.15) is 6.10 Å². The van der Waals surface area contributed by atoms with E-state index in [9.17, 15) is 18.0 Å². The summed E-state index contributed by atoms with van der Waals surface area (Å²) in [6.45, 7) is 8.28. The monoisotopic (exact) mass is 374 g/mol. The smallest absolute Gasteiger partial charge is 0.295 e. The van der Waals surface area contributed by atoms with Gasteiger partial charge in [-0.2, -0.15) is 8.42 Å². The molecule has 1 aliphatic carbocycles. The van der Waals surface area contributed by atoms with Crippen molar-refractivity contribution in [1.29, 1.82) is 0 Å². The second-order valence-corrected chi connectivity index (χ2v) is 8.13. The van der Waals surface area contributed by atoms with Gasteiger partial charge in [0.25, 0.3) is 15.7 Å². The van der Waals surface area contributed by atoms with Gasteiger partial charge in [-0.1, -0.05) is 47.0 Å². The minimum absolute atomic E-state index is 0.0588. The normalized spacial score (nSPS) is 26.1. The predicted octanol–water partition coefficient (Wildman–Crippen LogP) is 2.29. The maximum absolute atomic E-state index is 12.0. The molecular weight excluding hydrogens is 344 g/mol. The van der Waals surface area contributed by atoms with Crippen LogP contribution in [0.5, 0.6) is 0 Å². The van der Waals surface area contributed by atoms with Gasteiger partial charge in [0.2, 0.25) is 0 Å². The van der Waals surface area contributed by atoms with E-state index in [1.54, 1.807) is 0 Å². The number of nitrogens with zero attached hydrogens (tertiary/aromatic N) is 1. The Balaban J connectivity index is 0.000000970. The first-order valence-corrected chi connectivity index (χ1v) is 10.7. The highest BCUT2D eigenvalue weighted by molar-refractivity contribution is 7.86. The Labute approximate surface area is 149 Å². The summed E-state index contributed by atoms with van der Waals surface area (Å²) in [6.07, 6.45) is 5.40. The second-order valence-electron chi connectivity index (χ2n) is 6.53. The largest absolute Gasteiger partial charge is 0.328 e. The lowest BCUT2D eigenvalue weighted by Gasteiger charge is -2.25. The van der Waals surface area contributed by atoms with Crippen LogP contribution in [0, 0.1) is 11.8 Å². The van der Waals surface area contributed by atoms with Crippen molar-refractivity contribution in [3.8, 4) is 0 Å². The topological polar surface area (TPSA) is 98.2 Å². The fraction of sp³-hybridized carbons (Fsp3) is 0.765. The zero-order valence-corrected chi connectivity index (χ0v) is 16.5. The summed E-state index contributed by atoms with van der Waals surface area (Å²) in [5.74, 6) is 0.337. The summed E-state index contributed by atoms with van der Waals surface area (Å²) in [5.41, 5.74) is -1.01. The molecule has 1 aromatic heterocycles. The molecule has 8 heteroatoms. The summed E-state index contributed by atoms with van der Waals surface area (Å²) in [6, 6.07) is 0.869. The molecule has 0 aliphatic heterocycles. The summed E-state index contributed by atoms with van der Waals surface area (Å²) < 4.78 is 29.9. The highest BCUT2D eigenvalue weighted by Gasteiger charge is 2.45. The molecule has 25 heavy (non-hydrogen) atoms. The van der Waals surface area contributed by atoms with Crippen molar-refractivity contribution in [3.05, 3.63) is 33.1 Å². The molecule has 1 aliphatic rings. The standard InChI is InChI=1S/C14H22N2O5S.C3H8/c1-4-9-8-11(16-7-6-12(17)15-14(16)18)13(10(9)5-2)21-22(3,19)20;1-3-2/h6-7,9-11,13H,4-5,8H2,1-3H3,(H,15,17,18);3H2,1-2H3/t9-,10-,11+,13?;/m0./s1. The van der Waals surface area contributed by atoms with Crippen molar-refractivity contribution in [2.75, 3.05) is 6.26 Å². The number of aromatic amines is 1. The lowest BCUT2D eigenvalue weighted by Crippen LogP contribution is -2.37. The summed E-state index contributed by atoms with van der Waals surface area (Å²) in [7, 11) is -3.63. The molecule has 0 saturated heterocycles. The Hall–Kier alpha value is -1.41. The van der Waals surface area contributed by atoms with Crippen molar-refractivity contribution in [3.63, 3.8) is 0 Å². The quantitative estimate of drug-likeness (QED) is 0.798. The number of hydrogen-bond acceptors (Lipinski definition) is 5. The van der Waals surface area contributed by atoms with Crippen LogP contribution < -0.4 is 11.2 Å². The Bertz CT molecular complexity index is 753. The van der Waals surface area contributed by atoms with E-state index in [4.69, 9.17) is 4.18 Å². The van der Waals surface area contributed by atoms with E-state index in [0.717, 1.165) is 19.1 Å².